The van der Waals surface area contributed by atoms with Crippen LogP contribution in [0.2, 0.25) is 0 Å². The molecule has 0 bridgehead atoms. The second-order valence-corrected chi connectivity index (χ2v) is 6.91. The molecule has 0 aliphatic rings. The van der Waals surface area contributed by atoms with Gasteiger partial charge in [0.1, 0.15) is 0 Å². The zero-order chi connectivity index (χ0) is 15.9. The Labute approximate surface area is 135 Å². The molecule has 2 heterocycles. The highest BCUT2D eigenvalue weighted by Crippen LogP contribution is 2.36. The minimum Gasteiger partial charge on any atom is -0.330 e. The Kier molecular flexibility index (Phi) is 4.06. The van der Waals surface area contributed by atoms with Gasteiger partial charge in [-0.15, -0.1) is 11.3 Å². The van der Waals surface area contributed by atoms with Crippen LogP contribution in [0.15, 0.2) is 18.2 Å². The summed E-state index contributed by atoms with van der Waals surface area (Å²) in [7, 11) is 0. The number of rotatable bonds is 4. The second-order valence-electron chi connectivity index (χ2n) is 5.85. The molecule has 0 unspecified atom stereocenters. The topological polar surface area (TPSA) is 43.3 Å². The van der Waals surface area contributed by atoms with E-state index in [9.17, 15) is 0 Å². The van der Waals surface area contributed by atoms with Crippen LogP contribution in [-0.2, 0) is 12.8 Å². The maximum absolute atomic E-state index is 5.82. The molecule has 2 aromatic heterocycles. The minimum atomic E-state index is 0.651. The van der Waals surface area contributed by atoms with Crippen LogP contribution in [0.5, 0.6) is 0 Å². The number of thiazole rings is 1. The van der Waals surface area contributed by atoms with Gasteiger partial charge in [0.05, 0.1) is 11.4 Å². The Bertz CT molecular complexity index is 827. The Morgan fingerprint density at radius 2 is 2.00 bits per heavy atom. The van der Waals surface area contributed by atoms with Crippen molar-refractivity contribution in [2.24, 2.45) is 5.73 Å². The molecule has 3 rings (SSSR count). The van der Waals surface area contributed by atoms with Gasteiger partial charge in [0.2, 0.25) is 0 Å². The van der Waals surface area contributed by atoms with Crippen molar-refractivity contribution >= 4 is 16.3 Å². The molecule has 0 spiro atoms. The van der Waals surface area contributed by atoms with E-state index in [1.165, 1.54) is 33.0 Å². The van der Waals surface area contributed by atoms with E-state index in [2.05, 4.69) is 50.3 Å². The van der Waals surface area contributed by atoms with Crippen LogP contribution < -0.4 is 5.73 Å². The average Bonchev–Trinajstić information content (AvgIpc) is 2.96. The molecule has 3 nitrogen and oxygen atoms in total. The van der Waals surface area contributed by atoms with Crippen LogP contribution >= 0.6 is 11.3 Å². The first-order valence-corrected chi connectivity index (χ1v) is 8.65. The molecule has 0 aliphatic carbocycles. The van der Waals surface area contributed by atoms with Crippen molar-refractivity contribution in [3.05, 3.63) is 45.6 Å². The van der Waals surface area contributed by atoms with Crippen molar-refractivity contribution in [2.75, 3.05) is 6.54 Å². The van der Waals surface area contributed by atoms with Crippen LogP contribution in [0.4, 0.5) is 0 Å². The summed E-state index contributed by atoms with van der Waals surface area (Å²) >= 11 is 1.80. The molecular weight excluding hydrogens is 290 g/mol. The first kappa shape index (κ1) is 15.3. The Hall–Kier alpha value is -1.65. The molecule has 0 saturated carbocycles. The number of hydrogen-bond donors (Lipinski definition) is 1. The fourth-order valence-corrected chi connectivity index (χ4v) is 4.27. The molecule has 116 valence electrons. The van der Waals surface area contributed by atoms with Crippen LogP contribution in [0.1, 0.15) is 34.3 Å². The van der Waals surface area contributed by atoms with Crippen LogP contribution in [0, 0.1) is 20.8 Å². The Morgan fingerprint density at radius 3 is 2.64 bits per heavy atom. The van der Waals surface area contributed by atoms with Gasteiger partial charge in [-0.05, 0) is 39.3 Å². The van der Waals surface area contributed by atoms with Gasteiger partial charge < -0.3 is 5.73 Å². The third-order valence-corrected chi connectivity index (χ3v) is 5.37. The molecule has 0 aliphatic heterocycles. The highest BCUT2D eigenvalue weighted by atomic mass is 32.1. The number of nitrogens with two attached hydrogens (primary N) is 1. The van der Waals surface area contributed by atoms with Crippen molar-refractivity contribution in [3.8, 4) is 11.3 Å². The van der Waals surface area contributed by atoms with Gasteiger partial charge in [-0.3, -0.25) is 4.40 Å². The predicted octanol–water partition coefficient (Wildman–Crippen LogP) is 4.05. The molecule has 0 amide bonds. The zero-order valence-electron chi connectivity index (χ0n) is 13.7. The Balaban J connectivity index is 2.34. The molecule has 0 radical (unpaired) electrons. The summed E-state index contributed by atoms with van der Waals surface area (Å²) in [6, 6.07) is 6.69. The van der Waals surface area contributed by atoms with Gasteiger partial charge in [0.15, 0.2) is 4.96 Å². The van der Waals surface area contributed by atoms with Crippen LogP contribution in [0.25, 0.3) is 16.2 Å². The number of hydrogen-bond acceptors (Lipinski definition) is 3. The molecule has 3 aromatic rings. The third-order valence-electron chi connectivity index (χ3n) is 4.18. The summed E-state index contributed by atoms with van der Waals surface area (Å²) in [4.78, 5) is 7.25. The molecule has 1 aromatic carbocycles. The smallest absolute Gasteiger partial charge is 0.194 e. The van der Waals surface area contributed by atoms with E-state index in [0.29, 0.717) is 6.54 Å². The zero-order valence-corrected chi connectivity index (χ0v) is 14.5. The maximum atomic E-state index is 5.82. The summed E-state index contributed by atoms with van der Waals surface area (Å²) in [5.74, 6) is 0. The van der Waals surface area contributed by atoms with E-state index < -0.39 is 0 Å². The first-order chi connectivity index (χ1) is 10.6. The molecular formula is C18H23N3S. The summed E-state index contributed by atoms with van der Waals surface area (Å²) < 4.78 is 2.34. The number of nitrogens with zero attached hydrogens (tertiary/aromatic N) is 2. The fraction of sp³-hybridized carbons (Fsp3) is 0.389. The highest BCUT2D eigenvalue weighted by Gasteiger charge is 2.20. The molecule has 22 heavy (non-hydrogen) atoms. The van der Waals surface area contributed by atoms with Gasteiger partial charge in [-0.1, -0.05) is 30.7 Å². The van der Waals surface area contributed by atoms with E-state index in [0.717, 1.165) is 23.5 Å². The molecule has 2 N–H and O–H groups in total. The largest absolute Gasteiger partial charge is 0.330 e. The van der Waals surface area contributed by atoms with Crippen molar-refractivity contribution < 1.29 is 0 Å². The summed E-state index contributed by atoms with van der Waals surface area (Å²) in [5.41, 5.74) is 13.4. The van der Waals surface area contributed by atoms with E-state index in [4.69, 9.17) is 10.7 Å². The summed E-state index contributed by atoms with van der Waals surface area (Å²) in [6.45, 7) is 9.29. The monoisotopic (exact) mass is 313 g/mol. The number of imidazole rings is 1. The molecule has 0 atom stereocenters. The van der Waals surface area contributed by atoms with E-state index in [1.54, 1.807) is 11.3 Å². The minimum absolute atomic E-state index is 0.651. The lowest BCUT2D eigenvalue weighted by Gasteiger charge is -2.11. The number of aromatic nitrogens is 2. The predicted molar refractivity (Wildman–Crippen MR) is 94.9 cm³/mol. The molecule has 4 heteroatoms. The third kappa shape index (κ3) is 2.36. The fourth-order valence-electron chi connectivity index (χ4n) is 3.14. The van der Waals surface area contributed by atoms with E-state index >= 15 is 0 Å². The summed E-state index contributed by atoms with van der Waals surface area (Å²) in [6.07, 6.45) is 1.89. The standard InChI is InChI=1S/C18H23N3S/c1-5-16-17(14-7-6-11(2)10-12(14)3)21-15(8-9-19)13(4)20-18(21)22-16/h6-7,10H,5,8-9,19H2,1-4H3. The summed E-state index contributed by atoms with van der Waals surface area (Å²) in [5, 5.41) is 0. The van der Waals surface area contributed by atoms with Gasteiger partial charge in [0.25, 0.3) is 0 Å². The van der Waals surface area contributed by atoms with Crippen LogP contribution in [-0.4, -0.2) is 15.9 Å². The first-order valence-electron chi connectivity index (χ1n) is 7.84. The molecule has 0 fully saturated rings. The lowest BCUT2D eigenvalue weighted by molar-refractivity contribution is 0.896. The van der Waals surface area contributed by atoms with Gasteiger partial charge in [-0.25, -0.2) is 4.98 Å². The molecule has 0 saturated heterocycles. The number of benzene rings is 1. The SMILES string of the molecule is CCc1sc2nc(C)c(CCN)n2c1-c1ccc(C)cc1C. The lowest BCUT2D eigenvalue weighted by atomic mass is 10.0. The quantitative estimate of drug-likeness (QED) is 0.789. The highest BCUT2D eigenvalue weighted by molar-refractivity contribution is 7.17. The lowest BCUT2D eigenvalue weighted by Crippen LogP contribution is -2.07. The van der Waals surface area contributed by atoms with Crippen LogP contribution in [0.3, 0.4) is 0 Å². The number of aryl methyl sites for hydroxylation is 4. The van der Waals surface area contributed by atoms with Crippen molar-refractivity contribution in [2.45, 2.75) is 40.5 Å². The number of fused-ring (bicyclic) bond motifs is 1. The Morgan fingerprint density at radius 1 is 1.23 bits per heavy atom. The van der Waals surface area contributed by atoms with E-state index in [1.807, 2.05) is 0 Å². The van der Waals surface area contributed by atoms with Crippen molar-refractivity contribution in [1.29, 1.82) is 0 Å². The van der Waals surface area contributed by atoms with Gasteiger partial charge in [0, 0.05) is 22.6 Å². The maximum Gasteiger partial charge on any atom is 0.194 e. The van der Waals surface area contributed by atoms with E-state index in [-0.39, 0.29) is 0 Å². The van der Waals surface area contributed by atoms with Crippen molar-refractivity contribution in [1.82, 2.24) is 9.38 Å². The van der Waals surface area contributed by atoms with Gasteiger partial charge in [-0.2, -0.15) is 0 Å². The normalized spacial score (nSPS) is 11.5. The second kappa shape index (κ2) is 5.86. The van der Waals surface area contributed by atoms with Crippen molar-refractivity contribution in [3.63, 3.8) is 0 Å². The average molecular weight is 313 g/mol. The van der Waals surface area contributed by atoms with Gasteiger partial charge >= 0.3 is 0 Å².